The molecular formula is C27H22FIN2O5. The third-order valence-corrected chi connectivity index (χ3v) is 6.50. The quantitative estimate of drug-likeness (QED) is 0.232. The maximum atomic E-state index is 14.2. The molecule has 0 aliphatic carbocycles. The van der Waals surface area contributed by atoms with Crippen LogP contribution in [-0.2, 0) is 16.0 Å². The minimum Gasteiger partial charge on any atom is -0.496 e. The molecule has 1 heterocycles. The van der Waals surface area contributed by atoms with Crippen molar-refractivity contribution in [3.63, 3.8) is 0 Å². The number of amides is 4. The molecule has 3 aromatic rings. The van der Waals surface area contributed by atoms with Crippen molar-refractivity contribution in [2.75, 3.05) is 18.6 Å². The highest BCUT2D eigenvalue weighted by atomic mass is 127. The molecular weight excluding hydrogens is 578 g/mol. The van der Waals surface area contributed by atoms with Gasteiger partial charge in [-0.2, -0.15) is 0 Å². The van der Waals surface area contributed by atoms with Gasteiger partial charge in [-0.25, -0.2) is 14.1 Å². The second-order valence-electron chi connectivity index (χ2n) is 7.84. The first-order chi connectivity index (χ1) is 17.3. The summed E-state index contributed by atoms with van der Waals surface area (Å²) in [6, 6.07) is 15.5. The number of methoxy groups -OCH3 is 1. The first-order valence-electron chi connectivity index (χ1n) is 11.1. The molecule has 36 heavy (non-hydrogen) atoms. The second kappa shape index (κ2) is 10.9. The molecule has 0 saturated carbocycles. The summed E-state index contributed by atoms with van der Waals surface area (Å²) in [5.41, 5.74) is 1.91. The molecule has 7 nitrogen and oxygen atoms in total. The molecule has 0 spiro atoms. The smallest absolute Gasteiger partial charge is 0.335 e. The summed E-state index contributed by atoms with van der Waals surface area (Å²) in [7, 11) is 1.50. The number of rotatable bonds is 7. The number of carbonyl (C=O) groups excluding carboxylic acids is 3. The zero-order valence-electron chi connectivity index (χ0n) is 19.5. The topological polar surface area (TPSA) is 84.9 Å². The van der Waals surface area contributed by atoms with E-state index in [9.17, 15) is 18.8 Å². The Labute approximate surface area is 221 Å². The Hall–Kier alpha value is -3.73. The third kappa shape index (κ3) is 5.25. The summed E-state index contributed by atoms with van der Waals surface area (Å²) in [5.74, 6) is -0.783. The number of imide groups is 2. The maximum absolute atomic E-state index is 14.2. The second-order valence-corrected chi connectivity index (χ2v) is 9.00. The first-order valence-corrected chi connectivity index (χ1v) is 12.1. The van der Waals surface area contributed by atoms with Crippen LogP contribution in [0, 0.1) is 9.39 Å². The van der Waals surface area contributed by atoms with Crippen LogP contribution in [0.1, 0.15) is 23.6 Å². The monoisotopic (exact) mass is 600 g/mol. The van der Waals surface area contributed by atoms with E-state index in [2.05, 4.69) is 27.9 Å². The fourth-order valence-corrected chi connectivity index (χ4v) is 4.63. The van der Waals surface area contributed by atoms with E-state index in [1.165, 1.54) is 19.3 Å². The largest absolute Gasteiger partial charge is 0.496 e. The minimum absolute atomic E-state index is 0.205. The Balaban J connectivity index is 1.67. The third-order valence-electron chi connectivity index (χ3n) is 5.54. The molecule has 9 heteroatoms. The average Bonchev–Trinajstić information content (AvgIpc) is 2.85. The van der Waals surface area contributed by atoms with Gasteiger partial charge >= 0.3 is 6.03 Å². The van der Waals surface area contributed by atoms with Crippen LogP contribution >= 0.6 is 22.6 Å². The summed E-state index contributed by atoms with van der Waals surface area (Å²) < 4.78 is 25.9. The van der Waals surface area contributed by atoms with Crippen molar-refractivity contribution >= 4 is 52.2 Å². The molecule has 0 atom stereocenters. The maximum Gasteiger partial charge on any atom is 0.335 e. The van der Waals surface area contributed by atoms with Gasteiger partial charge in [0.25, 0.3) is 11.8 Å². The lowest BCUT2D eigenvalue weighted by Crippen LogP contribution is -2.54. The molecule has 4 amide bonds. The molecule has 1 aliphatic rings. The molecule has 1 fully saturated rings. The lowest BCUT2D eigenvalue weighted by molar-refractivity contribution is -0.122. The number of nitrogens with zero attached hydrogens (tertiary/aromatic N) is 1. The molecule has 4 rings (SSSR count). The number of carbonyl (C=O) groups is 3. The molecule has 0 aromatic heterocycles. The van der Waals surface area contributed by atoms with Gasteiger partial charge in [-0.15, -0.1) is 0 Å². The van der Waals surface area contributed by atoms with Crippen LogP contribution in [0.25, 0.3) is 6.08 Å². The Bertz CT molecular complexity index is 1370. The van der Waals surface area contributed by atoms with Crippen LogP contribution in [0.3, 0.4) is 0 Å². The predicted octanol–water partition coefficient (Wildman–Crippen LogP) is 5.09. The van der Waals surface area contributed by atoms with Gasteiger partial charge in [0.1, 0.15) is 22.9 Å². The molecule has 0 radical (unpaired) electrons. The van der Waals surface area contributed by atoms with Crippen molar-refractivity contribution in [1.29, 1.82) is 0 Å². The van der Waals surface area contributed by atoms with Crippen molar-refractivity contribution in [2.24, 2.45) is 0 Å². The number of barbiturate groups is 1. The fraction of sp³-hybridized carbons (Fsp3) is 0.148. The molecule has 1 N–H and O–H groups in total. The van der Waals surface area contributed by atoms with E-state index < -0.39 is 17.8 Å². The number of anilines is 1. The number of benzene rings is 3. The van der Waals surface area contributed by atoms with Crippen molar-refractivity contribution in [3.05, 3.63) is 92.3 Å². The predicted molar refractivity (Wildman–Crippen MR) is 142 cm³/mol. The minimum atomic E-state index is -0.835. The number of nitrogens with one attached hydrogen (secondary N) is 1. The van der Waals surface area contributed by atoms with Gasteiger partial charge in [-0.05, 0) is 89.2 Å². The van der Waals surface area contributed by atoms with E-state index in [1.807, 2.05) is 6.92 Å². The Morgan fingerprint density at radius 2 is 1.78 bits per heavy atom. The van der Waals surface area contributed by atoms with Gasteiger partial charge in [-0.3, -0.25) is 14.9 Å². The van der Waals surface area contributed by atoms with E-state index in [0.29, 0.717) is 41.3 Å². The van der Waals surface area contributed by atoms with E-state index >= 15 is 0 Å². The number of hydrogen-bond acceptors (Lipinski definition) is 5. The summed E-state index contributed by atoms with van der Waals surface area (Å²) in [4.78, 5) is 39.2. The fourth-order valence-electron chi connectivity index (χ4n) is 3.82. The van der Waals surface area contributed by atoms with Crippen molar-refractivity contribution in [3.8, 4) is 11.5 Å². The number of ether oxygens (including phenoxy) is 2. The van der Waals surface area contributed by atoms with Crippen LogP contribution < -0.4 is 19.7 Å². The highest BCUT2D eigenvalue weighted by Crippen LogP contribution is 2.31. The molecule has 1 saturated heterocycles. The van der Waals surface area contributed by atoms with Crippen LogP contribution in [0.15, 0.2) is 66.2 Å². The number of urea groups is 1. The summed E-state index contributed by atoms with van der Waals surface area (Å²) in [5, 5.41) is 2.21. The van der Waals surface area contributed by atoms with Crippen molar-refractivity contribution in [2.45, 2.75) is 13.3 Å². The lowest BCUT2D eigenvalue weighted by Gasteiger charge is -2.26. The lowest BCUT2D eigenvalue weighted by atomic mass is 10.00. The zero-order valence-corrected chi connectivity index (χ0v) is 21.7. The standard InChI is InChI=1S/C27H22FIN2O5/c1-3-36-19-10-8-18(9-11-19)31-26(33)21(25(32)30-27(31)34)12-16-13-23(29)20(24(14-16)35-2)15-17-6-4-5-7-22(17)28/h4-14H,3,15H2,1-2H3,(H,30,32,34)/b21-12+. The Morgan fingerprint density at radius 3 is 2.44 bits per heavy atom. The van der Waals surface area contributed by atoms with Gasteiger partial charge in [-0.1, -0.05) is 18.2 Å². The van der Waals surface area contributed by atoms with E-state index in [4.69, 9.17) is 9.47 Å². The van der Waals surface area contributed by atoms with Crippen molar-refractivity contribution < 1.29 is 28.2 Å². The Kier molecular flexibility index (Phi) is 7.68. The first kappa shape index (κ1) is 25.4. The van der Waals surface area contributed by atoms with Gasteiger partial charge in [0.15, 0.2) is 0 Å². The van der Waals surface area contributed by atoms with Gasteiger partial charge in [0.05, 0.1) is 19.4 Å². The SMILES string of the molecule is CCOc1ccc(N2C(=O)NC(=O)/C(=C\c3cc(I)c(Cc4ccccc4F)c(OC)c3)C2=O)cc1. The van der Waals surface area contributed by atoms with Gasteiger partial charge < -0.3 is 9.47 Å². The summed E-state index contributed by atoms with van der Waals surface area (Å²) >= 11 is 2.11. The zero-order chi connectivity index (χ0) is 25.8. The van der Waals surface area contributed by atoms with Gasteiger partial charge in [0.2, 0.25) is 0 Å². The average molecular weight is 600 g/mol. The number of hydrogen-bond donors (Lipinski definition) is 1. The van der Waals surface area contributed by atoms with Crippen LogP contribution in [0.5, 0.6) is 11.5 Å². The highest BCUT2D eigenvalue weighted by Gasteiger charge is 2.36. The molecule has 0 unspecified atom stereocenters. The summed E-state index contributed by atoms with van der Waals surface area (Å²) in [6.45, 7) is 2.33. The number of halogens is 2. The highest BCUT2D eigenvalue weighted by molar-refractivity contribution is 14.1. The molecule has 3 aromatic carbocycles. The van der Waals surface area contributed by atoms with E-state index in [1.54, 1.807) is 54.6 Å². The van der Waals surface area contributed by atoms with Gasteiger partial charge in [0, 0.05) is 15.6 Å². The molecule has 0 bridgehead atoms. The van der Waals surface area contributed by atoms with E-state index in [-0.39, 0.29) is 11.4 Å². The van der Waals surface area contributed by atoms with Crippen LogP contribution in [0.2, 0.25) is 0 Å². The molecule has 184 valence electrons. The normalized spacial score (nSPS) is 14.7. The van der Waals surface area contributed by atoms with Crippen LogP contribution in [-0.4, -0.2) is 31.6 Å². The summed E-state index contributed by atoms with van der Waals surface area (Å²) in [6.07, 6.45) is 1.72. The van der Waals surface area contributed by atoms with E-state index in [0.717, 1.165) is 14.0 Å². The van der Waals surface area contributed by atoms with Crippen LogP contribution in [0.4, 0.5) is 14.9 Å². The molecule has 1 aliphatic heterocycles. The van der Waals surface area contributed by atoms with Crippen molar-refractivity contribution in [1.82, 2.24) is 5.32 Å². The Morgan fingerprint density at radius 1 is 1.06 bits per heavy atom.